The molecule has 2 heterocycles. The first-order valence-corrected chi connectivity index (χ1v) is 10.8. The van der Waals surface area contributed by atoms with Crippen molar-refractivity contribution in [2.75, 3.05) is 46.9 Å². The summed E-state index contributed by atoms with van der Waals surface area (Å²) in [6, 6.07) is 5.13. The van der Waals surface area contributed by atoms with Crippen LogP contribution in [0.5, 0.6) is 11.5 Å². The van der Waals surface area contributed by atoms with Crippen molar-refractivity contribution in [3.63, 3.8) is 0 Å². The van der Waals surface area contributed by atoms with Crippen LogP contribution in [0.4, 0.5) is 0 Å². The average Bonchev–Trinajstić information content (AvgIpc) is 2.98. The molecule has 1 aromatic rings. The number of carbonyl (C=O) groups is 3. The summed E-state index contributed by atoms with van der Waals surface area (Å²) in [5.41, 5.74) is 0.243. The van der Waals surface area contributed by atoms with Gasteiger partial charge >= 0.3 is 0 Å². The summed E-state index contributed by atoms with van der Waals surface area (Å²) in [5.74, 6) is 0.729. The van der Waals surface area contributed by atoms with E-state index >= 15 is 0 Å². The molecule has 2 saturated heterocycles. The zero-order valence-corrected chi connectivity index (χ0v) is 19.1. The number of nitrogens with zero attached hydrogens (tertiary/aromatic N) is 3. The zero-order chi connectivity index (χ0) is 22.8. The third-order valence-electron chi connectivity index (χ3n) is 6.01. The Morgan fingerprint density at radius 1 is 0.968 bits per heavy atom. The Morgan fingerprint density at radius 2 is 1.61 bits per heavy atom. The van der Waals surface area contributed by atoms with E-state index in [9.17, 15) is 14.4 Å². The van der Waals surface area contributed by atoms with Crippen molar-refractivity contribution in [1.29, 1.82) is 0 Å². The highest BCUT2D eigenvalue weighted by Gasteiger charge is 2.41. The van der Waals surface area contributed by atoms with E-state index in [-0.39, 0.29) is 35.6 Å². The molecular weight excluding hydrogens is 398 g/mol. The number of amides is 3. The molecule has 2 aliphatic heterocycles. The van der Waals surface area contributed by atoms with E-state index in [1.165, 1.54) is 7.11 Å². The van der Waals surface area contributed by atoms with Gasteiger partial charge in [0.05, 0.1) is 20.1 Å². The predicted molar refractivity (Wildman–Crippen MR) is 116 cm³/mol. The lowest BCUT2D eigenvalue weighted by molar-refractivity contribution is -0.135. The molecule has 1 unspecified atom stereocenters. The van der Waals surface area contributed by atoms with Crippen LogP contribution in [-0.4, -0.2) is 84.9 Å². The lowest BCUT2D eigenvalue weighted by atomic mass is 10.1. The summed E-state index contributed by atoms with van der Waals surface area (Å²) < 4.78 is 10.5. The van der Waals surface area contributed by atoms with Crippen LogP contribution >= 0.6 is 0 Å². The number of rotatable bonds is 4. The van der Waals surface area contributed by atoms with Crippen LogP contribution in [0.25, 0.3) is 0 Å². The Bertz CT molecular complexity index is 848. The minimum absolute atomic E-state index is 0.0144. The van der Waals surface area contributed by atoms with E-state index in [0.717, 1.165) is 0 Å². The summed E-state index contributed by atoms with van der Waals surface area (Å²) >= 11 is 0. The van der Waals surface area contributed by atoms with Crippen LogP contribution in [0.3, 0.4) is 0 Å². The maximum Gasteiger partial charge on any atom is 0.254 e. The fourth-order valence-electron chi connectivity index (χ4n) is 4.27. The van der Waals surface area contributed by atoms with Crippen LogP contribution in [0.2, 0.25) is 0 Å². The van der Waals surface area contributed by atoms with Gasteiger partial charge < -0.3 is 24.2 Å². The second-order valence-corrected chi connectivity index (χ2v) is 9.12. The molecule has 1 atom stereocenters. The summed E-state index contributed by atoms with van der Waals surface area (Å²) in [6.07, 6.45) is 0.968. The van der Waals surface area contributed by atoms with E-state index in [4.69, 9.17) is 9.47 Å². The van der Waals surface area contributed by atoms with Crippen LogP contribution < -0.4 is 9.47 Å². The Balaban J connectivity index is 1.63. The molecule has 1 aromatic carbocycles. The van der Waals surface area contributed by atoms with Crippen molar-refractivity contribution in [2.45, 2.75) is 39.2 Å². The van der Waals surface area contributed by atoms with Gasteiger partial charge in [-0.25, -0.2) is 0 Å². The summed E-state index contributed by atoms with van der Waals surface area (Å²) in [7, 11) is 3.09. The Morgan fingerprint density at radius 3 is 2.23 bits per heavy atom. The summed E-state index contributed by atoms with van der Waals surface area (Å²) in [4.78, 5) is 43.9. The number of carbonyl (C=O) groups excluding carboxylic acids is 3. The number of methoxy groups -OCH3 is 2. The van der Waals surface area contributed by atoms with Gasteiger partial charge in [0.25, 0.3) is 5.91 Å². The van der Waals surface area contributed by atoms with E-state index < -0.39 is 0 Å². The lowest BCUT2D eigenvalue weighted by Gasteiger charge is -2.32. The molecular formula is C23H33N3O5. The van der Waals surface area contributed by atoms with E-state index in [2.05, 4.69) is 0 Å². The SMILES string of the molecule is COc1ccc(C(=O)N2CCCN(C(=O)C3CC(=O)N(C(C)(C)C)C3)CC2)cc1OC. The van der Waals surface area contributed by atoms with Crippen molar-refractivity contribution >= 4 is 17.7 Å². The van der Waals surface area contributed by atoms with Crippen molar-refractivity contribution in [3.8, 4) is 11.5 Å². The monoisotopic (exact) mass is 431 g/mol. The van der Waals surface area contributed by atoms with Gasteiger partial charge in [0.1, 0.15) is 0 Å². The van der Waals surface area contributed by atoms with Gasteiger partial charge in [0.15, 0.2) is 11.5 Å². The van der Waals surface area contributed by atoms with E-state index in [1.807, 2.05) is 25.7 Å². The molecule has 2 fully saturated rings. The number of hydrogen-bond acceptors (Lipinski definition) is 5. The van der Waals surface area contributed by atoms with Gasteiger partial charge in [0, 0.05) is 50.2 Å². The van der Waals surface area contributed by atoms with Crippen LogP contribution in [0.15, 0.2) is 18.2 Å². The smallest absolute Gasteiger partial charge is 0.254 e. The van der Waals surface area contributed by atoms with Crippen molar-refractivity contribution in [2.24, 2.45) is 5.92 Å². The molecule has 8 heteroatoms. The maximum absolute atomic E-state index is 13.1. The number of hydrogen-bond donors (Lipinski definition) is 0. The lowest BCUT2D eigenvalue weighted by Crippen LogP contribution is -2.44. The van der Waals surface area contributed by atoms with Gasteiger partial charge in [-0.3, -0.25) is 14.4 Å². The van der Waals surface area contributed by atoms with Gasteiger partial charge in [-0.15, -0.1) is 0 Å². The molecule has 170 valence electrons. The quantitative estimate of drug-likeness (QED) is 0.729. The second-order valence-electron chi connectivity index (χ2n) is 9.12. The Hall–Kier alpha value is -2.77. The first kappa shape index (κ1) is 22.9. The minimum atomic E-state index is -0.306. The molecule has 0 spiro atoms. The fraction of sp³-hybridized carbons (Fsp3) is 0.609. The van der Waals surface area contributed by atoms with Crippen molar-refractivity contribution in [1.82, 2.24) is 14.7 Å². The van der Waals surface area contributed by atoms with Crippen molar-refractivity contribution in [3.05, 3.63) is 23.8 Å². The molecule has 3 amide bonds. The molecule has 0 aliphatic carbocycles. The molecule has 2 aliphatic rings. The third kappa shape index (κ3) is 4.94. The number of likely N-dealkylation sites (tertiary alicyclic amines) is 1. The molecule has 0 bridgehead atoms. The fourth-order valence-corrected chi connectivity index (χ4v) is 4.27. The Labute approximate surface area is 184 Å². The largest absolute Gasteiger partial charge is 0.493 e. The number of ether oxygens (including phenoxy) is 2. The molecule has 8 nitrogen and oxygen atoms in total. The first-order chi connectivity index (χ1) is 14.7. The van der Waals surface area contributed by atoms with E-state index in [1.54, 1.807) is 35.1 Å². The molecule has 3 rings (SSSR count). The normalized spacial score (nSPS) is 20.0. The molecule has 0 N–H and O–H groups in total. The summed E-state index contributed by atoms with van der Waals surface area (Å²) in [5, 5.41) is 0. The van der Waals surface area contributed by atoms with Gasteiger partial charge in [0.2, 0.25) is 11.8 Å². The topological polar surface area (TPSA) is 79.4 Å². The van der Waals surface area contributed by atoms with Gasteiger partial charge in [-0.2, -0.15) is 0 Å². The van der Waals surface area contributed by atoms with Crippen LogP contribution in [-0.2, 0) is 9.59 Å². The third-order valence-corrected chi connectivity index (χ3v) is 6.01. The molecule has 0 radical (unpaired) electrons. The molecule has 31 heavy (non-hydrogen) atoms. The predicted octanol–water partition coefficient (Wildman–Crippen LogP) is 2.03. The second kappa shape index (κ2) is 9.16. The standard InChI is InChI=1S/C23H33N3O5/c1-23(2,3)26-15-17(14-20(26)27)22(29)25-10-6-9-24(11-12-25)21(28)16-7-8-18(30-4)19(13-16)31-5/h7-8,13,17H,6,9-12,14-15H2,1-5H3. The highest BCUT2D eigenvalue weighted by molar-refractivity contribution is 5.95. The molecule has 0 saturated carbocycles. The highest BCUT2D eigenvalue weighted by Crippen LogP contribution is 2.29. The van der Waals surface area contributed by atoms with Crippen LogP contribution in [0, 0.1) is 5.92 Å². The van der Waals surface area contributed by atoms with Gasteiger partial charge in [-0.1, -0.05) is 0 Å². The zero-order valence-electron chi connectivity index (χ0n) is 19.1. The number of benzene rings is 1. The van der Waals surface area contributed by atoms with E-state index in [0.29, 0.717) is 56.2 Å². The van der Waals surface area contributed by atoms with Gasteiger partial charge in [-0.05, 0) is 45.4 Å². The highest BCUT2D eigenvalue weighted by atomic mass is 16.5. The van der Waals surface area contributed by atoms with Crippen LogP contribution in [0.1, 0.15) is 44.0 Å². The van der Waals surface area contributed by atoms with Crippen molar-refractivity contribution < 1.29 is 23.9 Å². The maximum atomic E-state index is 13.1. The minimum Gasteiger partial charge on any atom is -0.493 e. The average molecular weight is 432 g/mol. The summed E-state index contributed by atoms with van der Waals surface area (Å²) in [6.45, 7) is 8.53. The molecule has 0 aromatic heterocycles. The Kier molecular flexibility index (Phi) is 6.77. The first-order valence-electron chi connectivity index (χ1n) is 10.8.